The normalized spacial score (nSPS) is 21.7. The monoisotopic (exact) mass is 276 g/mol. The molecule has 0 bridgehead atoms. The molecule has 2 aliphatic rings. The molecule has 2 saturated heterocycles. The molecule has 3 heterocycles. The summed E-state index contributed by atoms with van der Waals surface area (Å²) >= 11 is 0. The Labute approximate surface area is 118 Å². The maximum Gasteiger partial charge on any atom is 0.323 e. The van der Waals surface area contributed by atoms with Crippen molar-refractivity contribution in [2.24, 2.45) is 5.41 Å². The molecule has 2 aliphatic heterocycles. The van der Waals surface area contributed by atoms with Crippen molar-refractivity contribution in [3.63, 3.8) is 0 Å². The summed E-state index contributed by atoms with van der Waals surface area (Å²) in [6, 6.07) is 3.43. The lowest BCUT2D eigenvalue weighted by Crippen LogP contribution is -2.46. The molecule has 2 amide bonds. The van der Waals surface area contributed by atoms with Crippen LogP contribution in [0.5, 0.6) is 0 Å². The van der Waals surface area contributed by atoms with Crippen LogP contribution >= 0.6 is 0 Å². The number of nitrogens with zero attached hydrogens (tertiary/aromatic N) is 3. The fourth-order valence-electron chi connectivity index (χ4n) is 3.05. The van der Waals surface area contributed by atoms with Gasteiger partial charge in [-0.25, -0.2) is 4.79 Å². The van der Waals surface area contributed by atoms with E-state index in [1.165, 1.54) is 0 Å². The lowest BCUT2D eigenvalue weighted by atomic mass is 9.72. The van der Waals surface area contributed by atoms with Gasteiger partial charge in [-0.2, -0.15) is 5.10 Å². The number of carbonyl (C=O) groups excluding carboxylic acids is 1. The van der Waals surface area contributed by atoms with Gasteiger partial charge in [0.2, 0.25) is 0 Å². The number of nitrogens with one attached hydrogen (secondary N) is 1. The predicted octanol–water partition coefficient (Wildman–Crippen LogP) is 1.90. The summed E-state index contributed by atoms with van der Waals surface area (Å²) in [5.74, 6) is 0.504. The highest BCUT2D eigenvalue weighted by molar-refractivity contribution is 5.88. The molecule has 1 aromatic rings. The fourth-order valence-corrected chi connectivity index (χ4v) is 3.05. The number of carbonyl (C=O) groups is 1. The molecule has 0 atom stereocenters. The molecule has 0 aromatic carbocycles. The number of likely N-dealkylation sites (tertiary alicyclic amines) is 1. The summed E-state index contributed by atoms with van der Waals surface area (Å²) in [6.45, 7) is 3.36. The Hall–Kier alpha value is -1.69. The molecular weight excluding hydrogens is 256 g/mol. The van der Waals surface area contributed by atoms with Crippen LogP contribution in [0, 0.1) is 5.41 Å². The molecule has 0 radical (unpaired) electrons. The predicted molar refractivity (Wildman–Crippen MR) is 74.3 cm³/mol. The molecule has 0 saturated carbocycles. The molecule has 3 rings (SSSR count). The molecular formula is C14H20N4O2. The third kappa shape index (κ3) is 2.90. The molecule has 1 aromatic heterocycles. The molecule has 2 fully saturated rings. The third-order valence-corrected chi connectivity index (χ3v) is 4.47. The highest BCUT2D eigenvalue weighted by atomic mass is 16.5. The van der Waals surface area contributed by atoms with E-state index in [0.29, 0.717) is 11.2 Å². The second-order valence-corrected chi connectivity index (χ2v) is 5.64. The SMILES string of the molecule is O=C(Nc1cccnn1)N1CCC2(CCOCC2)CC1. The first-order valence-corrected chi connectivity index (χ1v) is 7.19. The van der Waals surface area contributed by atoms with Gasteiger partial charge in [-0.3, -0.25) is 5.32 Å². The number of hydrogen-bond donors (Lipinski definition) is 1. The standard InChI is InChI=1S/C14H20N4O2/c19-13(16-12-2-1-7-15-17-12)18-8-3-14(4-9-18)5-10-20-11-6-14/h1-2,7H,3-6,8-11H2,(H,16,17,19). The second-order valence-electron chi connectivity index (χ2n) is 5.64. The maximum absolute atomic E-state index is 12.2. The average Bonchev–Trinajstić information content (AvgIpc) is 2.50. The van der Waals surface area contributed by atoms with Gasteiger partial charge in [-0.1, -0.05) is 0 Å². The fraction of sp³-hybridized carbons (Fsp3) is 0.643. The zero-order valence-corrected chi connectivity index (χ0v) is 11.5. The van der Waals surface area contributed by atoms with Crippen molar-refractivity contribution < 1.29 is 9.53 Å². The number of hydrogen-bond acceptors (Lipinski definition) is 4. The average molecular weight is 276 g/mol. The summed E-state index contributed by atoms with van der Waals surface area (Å²) in [5.41, 5.74) is 0.404. The summed E-state index contributed by atoms with van der Waals surface area (Å²) in [7, 11) is 0. The summed E-state index contributed by atoms with van der Waals surface area (Å²) < 4.78 is 5.44. The molecule has 20 heavy (non-hydrogen) atoms. The smallest absolute Gasteiger partial charge is 0.323 e. The van der Waals surface area contributed by atoms with Crippen molar-refractivity contribution in [3.8, 4) is 0 Å². The highest BCUT2D eigenvalue weighted by Crippen LogP contribution is 2.40. The van der Waals surface area contributed by atoms with Crippen LogP contribution in [0.1, 0.15) is 25.7 Å². The van der Waals surface area contributed by atoms with Crippen molar-refractivity contribution >= 4 is 11.8 Å². The summed E-state index contributed by atoms with van der Waals surface area (Å²) in [6.07, 6.45) is 6.00. The number of rotatable bonds is 1. The van der Waals surface area contributed by atoms with Crippen LogP contribution in [0.25, 0.3) is 0 Å². The minimum atomic E-state index is -0.0765. The Morgan fingerprint density at radius 3 is 2.65 bits per heavy atom. The Bertz CT molecular complexity index is 450. The Balaban J connectivity index is 1.54. The number of aromatic nitrogens is 2. The van der Waals surface area contributed by atoms with E-state index in [-0.39, 0.29) is 6.03 Å². The summed E-state index contributed by atoms with van der Waals surface area (Å²) in [5, 5.41) is 10.4. The van der Waals surface area contributed by atoms with Gasteiger partial charge >= 0.3 is 6.03 Å². The van der Waals surface area contributed by atoms with E-state index in [1.54, 1.807) is 18.3 Å². The lowest BCUT2D eigenvalue weighted by Gasteiger charge is -2.43. The van der Waals surface area contributed by atoms with Crippen LogP contribution in [0.2, 0.25) is 0 Å². The van der Waals surface area contributed by atoms with Crippen molar-refractivity contribution in [1.82, 2.24) is 15.1 Å². The minimum Gasteiger partial charge on any atom is -0.381 e. The van der Waals surface area contributed by atoms with E-state index < -0.39 is 0 Å². The quantitative estimate of drug-likeness (QED) is 0.850. The second kappa shape index (κ2) is 5.75. The van der Waals surface area contributed by atoms with Crippen LogP contribution in [0.15, 0.2) is 18.3 Å². The maximum atomic E-state index is 12.2. The van der Waals surface area contributed by atoms with Crippen LogP contribution in [0.4, 0.5) is 10.6 Å². The molecule has 108 valence electrons. The number of ether oxygens (including phenoxy) is 1. The van der Waals surface area contributed by atoms with Gasteiger partial charge in [-0.15, -0.1) is 5.10 Å². The largest absolute Gasteiger partial charge is 0.381 e. The number of amides is 2. The van der Waals surface area contributed by atoms with Crippen LogP contribution < -0.4 is 5.32 Å². The molecule has 6 heteroatoms. The lowest BCUT2D eigenvalue weighted by molar-refractivity contribution is -0.0138. The first-order valence-electron chi connectivity index (χ1n) is 7.19. The van der Waals surface area contributed by atoms with Crippen LogP contribution in [-0.4, -0.2) is 47.4 Å². The molecule has 6 nitrogen and oxygen atoms in total. The third-order valence-electron chi connectivity index (χ3n) is 4.47. The Kier molecular flexibility index (Phi) is 3.82. The minimum absolute atomic E-state index is 0.0765. The number of anilines is 1. The molecule has 1 N–H and O–H groups in total. The zero-order valence-electron chi connectivity index (χ0n) is 11.5. The van der Waals surface area contributed by atoms with Gasteiger partial charge in [0.1, 0.15) is 0 Å². The van der Waals surface area contributed by atoms with Crippen LogP contribution in [0.3, 0.4) is 0 Å². The highest BCUT2D eigenvalue weighted by Gasteiger charge is 2.37. The van der Waals surface area contributed by atoms with E-state index in [9.17, 15) is 4.79 Å². The van der Waals surface area contributed by atoms with Gasteiger partial charge in [0, 0.05) is 32.5 Å². The Morgan fingerprint density at radius 1 is 1.25 bits per heavy atom. The van der Waals surface area contributed by atoms with Gasteiger partial charge in [0.25, 0.3) is 0 Å². The van der Waals surface area contributed by atoms with E-state index in [0.717, 1.165) is 52.0 Å². The first-order chi connectivity index (χ1) is 9.77. The first kappa shape index (κ1) is 13.3. The van der Waals surface area contributed by atoms with E-state index in [1.807, 2.05) is 4.90 Å². The van der Waals surface area contributed by atoms with E-state index in [4.69, 9.17) is 4.74 Å². The van der Waals surface area contributed by atoms with Crippen molar-refractivity contribution in [2.45, 2.75) is 25.7 Å². The van der Waals surface area contributed by atoms with Crippen molar-refractivity contribution in [1.29, 1.82) is 0 Å². The number of piperidine rings is 1. The van der Waals surface area contributed by atoms with Gasteiger partial charge in [0.05, 0.1) is 0 Å². The molecule has 0 aliphatic carbocycles. The summed E-state index contributed by atoms with van der Waals surface area (Å²) in [4.78, 5) is 14.0. The van der Waals surface area contributed by atoms with Gasteiger partial charge in [-0.05, 0) is 43.2 Å². The van der Waals surface area contributed by atoms with Gasteiger partial charge < -0.3 is 9.64 Å². The van der Waals surface area contributed by atoms with Crippen LogP contribution in [-0.2, 0) is 4.74 Å². The Morgan fingerprint density at radius 2 is 2.00 bits per heavy atom. The van der Waals surface area contributed by atoms with Crippen molar-refractivity contribution in [3.05, 3.63) is 18.3 Å². The van der Waals surface area contributed by atoms with E-state index >= 15 is 0 Å². The molecule has 1 spiro atoms. The molecule has 0 unspecified atom stereocenters. The zero-order chi connectivity index (χ0) is 13.8. The number of urea groups is 1. The van der Waals surface area contributed by atoms with E-state index in [2.05, 4.69) is 15.5 Å². The topological polar surface area (TPSA) is 67.4 Å². The van der Waals surface area contributed by atoms with Crippen molar-refractivity contribution in [2.75, 3.05) is 31.6 Å². The van der Waals surface area contributed by atoms with Gasteiger partial charge in [0.15, 0.2) is 5.82 Å².